The van der Waals surface area contributed by atoms with Gasteiger partial charge in [-0.1, -0.05) is 240 Å². The van der Waals surface area contributed by atoms with Crippen LogP contribution in [0.4, 0.5) is 0 Å². The molecule has 0 aromatic carbocycles. The predicted molar refractivity (Wildman–Crippen MR) is 290 cm³/mol. The highest BCUT2D eigenvalue weighted by atomic mass is 16.7. The van der Waals surface area contributed by atoms with Crippen molar-refractivity contribution in [2.45, 2.75) is 275 Å². The summed E-state index contributed by atoms with van der Waals surface area (Å²) in [5.41, 5.74) is 0. The quantitative estimate of drug-likeness (QED) is 0.0261. The van der Waals surface area contributed by atoms with Gasteiger partial charge >= 0.3 is 0 Å². The van der Waals surface area contributed by atoms with Crippen molar-refractivity contribution in [2.24, 2.45) is 0 Å². The third-order valence-electron chi connectivity index (χ3n) is 13.0. The van der Waals surface area contributed by atoms with Gasteiger partial charge in [0.15, 0.2) is 6.29 Å². The van der Waals surface area contributed by atoms with Gasteiger partial charge in [0, 0.05) is 6.42 Å². The summed E-state index contributed by atoms with van der Waals surface area (Å²) in [5, 5.41) is 54.7. The van der Waals surface area contributed by atoms with E-state index in [9.17, 15) is 30.3 Å². The molecule has 1 aliphatic heterocycles. The Hall–Kier alpha value is -2.63. The molecule has 69 heavy (non-hydrogen) atoms. The number of ether oxygens (including phenoxy) is 2. The third kappa shape index (κ3) is 38.7. The van der Waals surface area contributed by atoms with Crippen molar-refractivity contribution >= 4 is 5.91 Å². The Kier molecular flexibility index (Phi) is 45.7. The second-order valence-corrected chi connectivity index (χ2v) is 19.4. The van der Waals surface area contributed by atoms with Gasteiger partial charge < -0.3 is 40.3 Å². The van der Waals surface area contributed by atoms with Gasteiger partial charge in [0.2, 0.25) is 5.91 Å². The zero-order chi connectivity index (χ0) is 50.1. The molecule has 1 rings (SSSR count). The standard InChI is InChI=1S/C60H105NO8/c1-3-5-7-9-11-13-15-17-19-21-23-25-26-27-28-30-32-34-36-38-40-42-44-46-48-50-56(64)61-53(52-68-60-59(67)58(66)57(65)55(51-62)69-60)54(63)49-47-45-43-41-39-37-35-33-31-29-24-22-20-18-16-14-12-10-8-6-4-2/h5,7,11,13,17,19,23,25,27-28,32,34,38,40,53-55,57-60,62-63,65-67H,3-4,6,8-10,12,14-16,18,20-22,24,26,29-31,33,35-37,39,41-52H2,1-2H3,(H,61,64)/b7-5-,13-11-,19-17-,25-23-,28-27-,34-32-,40-38-. The fraction of sp³-hybridized carbons (Fsp3) is 0.750. The SMILES string of the molecule is CC/C=C\C/C=C\C/C=C\C/C=C\C/C=C\C/C=C\C/C=C\CCCCCC(=O)NC(COC1OC(CO)C(O)C(O)C1O)C(O)CCCCCCCCCCCCCCCCCCCCCCC. The first-order valence-electron chi connectivity index (χ1n) is 28.3. The molecule has 1 fully saturated rings. The summed E-state index contributed by atoms with van der Waals surface area (Å²) in [6.07, 6.45) is 61.7. The molecule has 0 spiro atoms. The summed E-state index contributed by atoms with van der Waals surface area (Å²) in [4.78, 5) is 13.1. The van der Waals surface area contributed by atoms with Crippen LogP contribution in [0.1, 0.15) is 232 Å². The largest absolute Gasteiger partial charge is 0.394 e. The normalized spacial score (nSPS) is 20.1. The number of hydrogen-bond donors (Lipinski definition) is 6. The molecule has 7 atom stereocenters. The molecule has 0 aliphatic carbocycles. The van der Waals surface area contributed by atoms with Crippen LogP contribution in [0.5, 0.6) is 0 Å². The number of hydrogen-bond acceptors (Lipinski definition) is 8. The van der Waals surface area contributed by atoms with Crippen molar-refractivity contribution in [1.82, 2.24) is 5.32 Å². The van der Waals surface area contributed by atoms with Crippen LogP contribution < -0.4 is 5.32 Å². The first-order chi connectivity index (χ1) is 33.8. The molecule has 1 amide bonds. The van der Waals surface area contributed by atoms with Crippen molar-refractivity contribution in [3.8, 4) is 0 Å². The molecule has 0 bridgehead atoms. The van der Waals surface area contributed by atoms with Gasteiger partial charge in [0.05, 0.1) is 25.4 Å². The van der Waals surface area contributed by atoms with E-state index in [0.29, 0.717) is 12.8 Å². The Labute approximate surface area is 422 Å². The molecule has 7 unspecified atom stereocenters. The average molecular weight is 968 g/mol. The van der Waals surface area contributed by atoms with Crippen LogP contribution in [0.25, 0.3) is 0 Å². The second kappa shape index (κ2) is 49.0. The van der Waals surface area contributed by atoms with Gasteiger partial charge in [0.25, 0.3) is 0 Å². The fourth-order valence-corrected chi connectivity index (χ4v) is 8.55. The molecular weight excluding hydrogens is 863 g/mol. The maximum Gasteiger partial charge on any atom is 0.220 e. The van der Waals surface area contributed by atoms with E-state index in [1.54, 1.807) is 0 Å². The first kappa shape index (κ1) is 64.4. The number of allylic oxidation sites excluding steroid dienone is 14. The number of unbranched alkanes of at least 4 members (excludes halogenated alkanes) is 23. The molecule has 6 N–H and O–H groups in total. The summed E-state index contributed by atoms with van der Waals surface area (Å²) < 4.78 is 11.3. The molecule has 0 aromatic rings. The third-order valence-corrected chi connectivity index (χ3v) is 13.0. The van der Waals surface area contributed by atoms with Crippen molar-refractivity contribution < 1.29 is 39.8 Å². The molecule has 1 heterocycles. The van der Waals surface area contributed by atoms with Crippen molar-refractivity contribution in [3.05, 3.63) is 85.1 Å². The van der Waals surface area contributed by atoms with Crippen LogP contribution in [-0.2, 0) is 14.3 Å². The van der Waals surface area contributed by atoms with E-state index < -0.39 is 49.5 Å². The number of nitrogens with one attached hydrogen (secondary N) is 1. The zero-order valence-electron chi connectivity index (χ0n) is 44.0. The molecule has 1 saturated heterocycles. The molecule has 0 aromatic heterocycles. The zero-order valence-corrected chi connectivity index (χ0v) is 44.0. The molecule has 0 radical (unpaired) electrons. The average Bonchev–Trinajstić information content (AvgIpc) is 3.35. The monoisotopic (exact) mass is 968 g/mol. The van der Waals surface area contributed by atoms with Crippen LogP contribution in [0.2, 0.25) is 0 Å². The van der Waals surface area contributed by atoms with Gasteiger partial charge in [0.1, 0.15) is 24.4 Å². The highest BCUT2D eigenvalue weighted by molar-refractivity contribution is 5.76. The Morgan fingerprint density at radius 1 is 0.507 bits per heavy atom. The summed E-state index contributed by atoms with van der Waals surface area (Å²) in [6, 6.07) is -0.744. The van der Waals surface area contributed by atoms with E-state index in [2.05, 4.69) is 104 Å². The minimum atomic E-state index is -1.57. The highest BCUT2D eigenvalue weighted by Crippen LogP contribution is 2.23. The van der Waals surface area contributed by atoms with Gasteiger partial charge in [-0.3, -0.25) is 4.79 Å². The van der Waals surface area contributed by atoms with Gasteiger partial charge in [-0.2, -0.15) is 0 Å². The number of aliphatic hydroxyl groups excluding tert-OH is 5. The minimum Gasteiger partial charge on any atom is -0.394 e. The number of amides is 1. The van der Waals surface area contributed by atoms with E-state index in [1.807, 2.05) is 0 Å². The summed E-state index contributed by atoms with van der Waals surface area (Å²) in [5.74, 6) is -0.177. The molecule has 0 saturated carbocycles. The summed E-state index contributed by atoms with van der Waals surface area (Å²) >= 11 is 0. The van der Waals surface area contributed by atoms with Crippen molar-refractivity contribution in [3.63, 3.8) is 0 Å². The van der Waals surface area contributed by atoms with Crippen LogP contribution in [0.3, 0.4) is 0 Å². The van der Waals surface area contributed by atoms with Crippen LogP contribution in [-0.4, -0.2) is 87.5 Å². The van der Waals surface area contributed by atoms with Crippen LogP contribution in [0.15, 0.2) is 85.1 Å². The lowest BCUT2D eigenvalue weighted by atomic mass is 9.99. The Morgan fingerprint density at radius 3 is 1.32 bits per heavy atom. The molecule has 9 nitrogen and oxygen atoms in total. The lowest BCUT2D eigenvalue weighted by Gasteiger charge is -2.40. The van der Waals surface area contributed by atoms with Gasteiger partial charge in [-0.15, -0.1) is 0 Å². The first-order valence-corrected chi connectivity index (χ1v) is 28.3. The lowest BCUT2D eigenvalue weighted by molar-refractivity contribution is -0.302. The smallest absolute Gasteiger partial charge is 0.220 e. The molecule has 398 valence electrons. The maximum atomic E-state index is 13.1. The predicted octanol–water partition coefficient (Wildman–Crippen LogP) is 13.8. The summed E-state index contributed by atoms with van der Waals surface area (Å²) in [7, 11) is 0. The number of aliphatic hydroxyl groups is 5. The Morgan fingerprint density at radius 2 is 0.899 bits per heavy atom. The maximum absolute atomic E-state index is 13.1. The van der Waals surface area contributed by atoms with Gasteiger partial charge in [-0.05, 0) is 70.6 Å². The van der Waals surface area contributed by atoms with Gasteiger partial charge in [-0.25, -0.2) is 0 Å². The molecule has 9 heteroatoms. The Bertz CT molecular complexity index is 1350. The highest BCUT2D eigenvalue weighted by Gasteiger charge is 2.44. The van der Waals surface area contributed by atoms with Crippen molar-refractivity contribution in [1.29, 1.82) is 0 Å². The topological polar surface area (TPSA) is 149 Å². The fourth-order valence-electron chi connectivity index (χ4n) is 8.55. The number of carbonyl (C=O) groups is 1. The Balaban J connectivity index is 2.28. The van der Waals surface area contributed by atoms with E-state index in [-0.39, 0.29) is 12.5 Å². The number of rotatable bonds is 47. The minimum absolute atomic E-state index is 0.156. The number of carbonyl (C=O) groups excluding carboxylic acids is 1. The summed E-state index contributed by atoms with van der Waals surface area (Å²) in [6.45, 7) is 3.71. The lowest BCUT2D eigenvalue weighted by Crippen LogP contribution is -2.60. The second-order valence-electron chi connectivity index (χ2n) is 19.4. The molecular formula is C60H105NO8. The van der Waals surface area contributed by atoms with Crippen molar-refractivity contribution in [2.75, 3.05) is 13.2 Å². The van der Waals surface area contributed by atoms with E-state index in [4.69, 9.17) is 9.47 Å². The molecule has 1 aliphatic rings. The van der Waals surface area contributed by atoms with E-state index >= 15 is 0 Å². The van der Waals surface area contributed by atoms with Crippen LogP contribution in [0, 0.1) is 0 Å². The van der Waals surface area contributed by atoms with E-state index in [1.165, 1.54) is 116 Å². The van der Waals surface area contributed by atoms with Crippen LogP contribution >= 0.6 is 0 Å². The van der Waals surface area contributed by atoms with E-state index in [0.717, 1.165) is 89.9 Å².